The lowest BCUT2D eigenvalue weighted by Crippen LogP contribution is -2.42. The molecule has 146 valence electrons. The Morgan fingerprint density at radius 1 is 1.07 bits per heavy atom. The van der Waals surface area contributed by atoms with E-state index in [1.165, 1.54) is 12.1 Å². The highest BCUT2D eigenvalue weighted by atomic mass is 19.1. The molecule has 4 rings (SSSR count). The third-order valence-corrected chi connectivity index (χ3v) is 5.85. The van der Waals surface area contributed by atoms with E-state index in [4.69, 9.17) is 9.15 Å². The number of halogens is 1. The van der Waals surface area contributed by atoms with Crippen molar-refractivity contribution in [2.45, 2.75) is 51.4 Å². The summed E-state index contributed by atoms with van der Waals surface area (Å²) in [7, 11) is 0. The molecule has 0 unspecified atom stereocenters. The second-order valence-corrected chi connectivity index (χ2v) is 7.98. The number of ether oxygens (including phenoxy) is 1. The highest BCUT2D eigenvalue weighted by Crippen LogP contribution is 2.38. The van der Waals surface area contributed by atoms with Crippen molar-refractivity contribution in [2.75, 3.05) is 13.1 Å². The first-order chi connectivity index (χ1) is 13.1. The summed E-state index contributed by atoms with van der Waals surface area (Å²) in [6, 6.07) is 10.2. The molecule has 1 aliphatic heterocycles. The molecule has 1 aliphatic carbocycles. The van der Waals surface area contributed by atoms with Gasteiger partial charge in [0.2, 0.25) is 0 Å². The first-order valence-electron chi connectivity index (χ1n) is 10.0. The standard InChI is InChI=1S/C22H28FNO3/c1-2-3-18-8-9-20(26-18)14-24-12-15-10-21(25)22(11-16(15)13-24)27-19-6-4-17(23)5-7-19/h4-9,15-16,21-22,25H,2-3,10-14H2,1H3/t15-,16+,21+,22+/m0/s1. The minimum Gasteiger partial charge on any atom is -0.488 e. The molecule has 2 fully saturated rings. The van der Waals surface area contributed by atoms with Gasteiger partial charge in [0.1, 0.15) is 29.2 Å². The Hall–Kier alpha value is -1.85. The Morgan fingerprint density at radius 3 is 2.52 bits per heavy atom. The van der Waals surface area contributed by atoms with Crippen LogP contribution in [-0.4, -0.2) is 35.3 Å². The SMILES string of the molecule is CCCc1ccc(CN2C[C@H]3C[C@@H](Oc4ccc(F)cc4)[C@H](O)C[C@H]3C2)o1. The molecule has 0 spiro atoms. The number of hydrogen-bond donors (Lipinski definition) is 1. The van der Waals surface area contributed by atoms with Crippen LogP contribution in [-0.2, 0) is 13.0 Å². The van der Waals surface area contributed by atoms with Gasteiger partial charge in [-0.2, -0.15) is 0 Å². The van der Waals surface area contributed by atoms with Crippen LogP contribution in [0.25, 0.3) is 0 Å². The van der Waals surface area contributed by atoms with Crippen LogP contribution in [0.3, 0.4) is 0 Å². The van der Waals surface area contributed by atoms with E-state index in [2.05, 4.69) is 24.0 Å². The molecule has 1 saturated carbocycles. The zero-order chi connectivity index (χ0) is 18.8. The summed E-state index contributed by atoms with van der Waals surface area (Å²) in [5.74, 6) is 3.44. The van der Waals surface area contributed by atoms with Crippen LogP contribution in [0.5, 0.6) is 5.75 Å². The molecule has 2 aliphatic rings. The van der Waals surface area contributed by atoms with Crippen molar-refractivity contribution in [3.63, 3.8) is 0 Å². The highest BCUT2D eigenvalue weighted by molar-refractivity contribution is 5.22. The molecule has 1 aromatic carbocycles. The third-order valence-electron chi connectivity index (χ3n) is 5.85. The minimum atomic E-state index is -0.476. The first-order valence-corrected chi connectivity index (χ1v) is 10.0. The number of rotatable bonds is 6. The number of aliphatic hydroxyl groups is 1. The number of aryl methyl sites for hydroxylation is 1. The first kappa shape index (κ1) is 18.5. The topological polar surface area (TPSA) is 45.8 Å². The molecule has 0 radical (unpaired) electrons. The van der Waals surface area contributed by atoms with Gasteiger partial charge in [-0.3, -0.25) is 4.90 Å². The number of fused-ring (bicyclic) bond motifs is 1. The monoisotopic (exact) mass is 373 g/mol. The summed E-state index contributed by atoms with van der Waals surface area (Å²) >= 11 is 0. The van der Waals surface area contributed by atoms with E-state index >= 15 is 0 Å². The van der Waals surface area contributed by atoms with Gasteiger partial charge in [-0.25, -0.2) is 4.39 Å². The molecule has 2 aromatic rings. The van der Waals surface area contributed by atoms with Gasteiger partial charge >= 0.3 is 0 Å². The summed E-state index contributed by atoms with van der Waals surface area (Å²) in [4.78, 5) is 2.43. The maximum absolute atomic E-state index is 13.1. The van der Waals surface area contributed by atoms with Gasteiger partial charge in [-0.1, -0.05) is 6.92 Å². The number of nitrogens with zero attached hydrogens (tertiary/aromatic N) is 1. The van der Waals surface area contributed by atoms with Gasteiger partial charge < -0.3 is 14.3 Å². The van der Waals surface area contributed by atoms with E-state index in [0.717, 1.165) is 56.8 Å². The predicted octanol–water partition coefficient (Wildman–Crippen LogP) is 4.02. The average Bonchev–Trinajstić information content (AvgIpc) is 3.24. The van der Waals surface area contributed by atoms with Gasteiger partial charge in [0.05, 0.1) is 12.6 Å². The van der Waals surface area contributed by atoms with Gasteiger partial charge in [-0.05, 0) is 67.5 Å². The second-order valence-electron chi connectivity index (χ2n) is 7.98. The average molecular weight is 373 g/mol. The fourth-order valence-electron chi connectivity index (χ4n) is 4.54. The molecular weight excluding hydrogens is 345 g/mol. The minimum absolute atomic E-state index is 0.226. The molecule has 1 saturated heterocycles. The van der Waals surface area contributed by atoms with Crippen LogP contribution >= 0.6 is 0 Å². The van der Waals surface area contributed by atoms with Crippen LogP contribution in [0.15, 0.2) is 40.8 Å². The second kappa shape index (κ2) is 8.03. The van der Waals surface area contributed by atoms with E-state index in [1.807, 2.05) is 0 Å². The number of aliphatic hydroxyl groups excluding tert-OH is 1. The highest BCUT2D eigenvalue weighted by Gasteiger charge is 2.42. The van der Waals surface area contributed by atoms with Crippen LogP contribution < -0.4 is 4.74 Å². The van der Waals surface area contributed by atoms with E-state index < -0.39 is 6.10 Å². The fourth-order valence-corrected chi connectivity index (χ4v) is 4.54. The van der Waals surface area contributed by atoms with Gasteiger partial charge in [0.15, 0.2) is 0 Å². The van der Waals surface area contributed by atoms with E-state index in [-0.39, 0.29) is 11.9 Å². The molecule has 5 heteroatoms. The Bertz CT molecular complexity index is 744. The predicted molar refractivity (Wildman–Crippen MR) is 101 cm³/mol. The van der Waals surface area contributed by atoms with E-state index in [9.17, 15) is 9.50 Å². The maximum Gasteiger partial charge on any atom is 0.125 e. The molecule has 0 amide bonds. The molecule has 27 heavy (non-hydrogen) atoms. The van der Waals surface area contributed by atoms with Gasteiger partial charge in [0.25, 0.3) is 0 Å². The van der Waals surface area contributed by atoms with Crippen molar-refractivity contribution < 1.29 is 18.7 Å². The molecule has 0 bridgehead atoms. The summed E-state index contributed by atoms with van der Waals surface area (Å²) in [5, 5.41) is 10.5. The van der Waals surface area contributed by atoms with Crippen LogP contribution in [0.2, 0.25) is 0 Å². The molecule has 1 aromatic heterocycles. The molecule has 1 N–H and O–H groups in total. The fraction of sp³-hybridized carbons (Fsp3) is 0.545. The quantitative estimate of drug-likeness (QED) is 0.831. The zero-order valence-corrected chi connectivity index (χ0v) is 15.8. The summed E-state index contributed by atoms with van der Waals surface area (Å²) in [6.07, 6.45) is 2.96. The van der Waals surface area contributed by atoms with Crippen LogP contribution in [0.1, 0.15) is 37.7 Å². The normalized spacial score (nSPS) is 28.3. The number of benzene rings is 1. The summed E-state index contributed by atoms with van der Waals surface area (Å²) < 4.78 is 25.0. The zero-order valence-electron chi connectivity index (χ0n) is 15.8. The van der Waals surface area contributed by atoms with Crippen molar-refractivity contribution in [2.24, 2.45) is 11.8 Å². The van der Waals surface area contributed by atoms with Crippen molar-refractivity contribution in [1.82, 2.24) is 4.90 Å². The van der Waals surface area contributed by atoms with E-state index in [0.29, 0.717) is 17.6 Å². The van der Waals surface area contributed by atoms with Gasteiger partial charge in [0, 0.05) is 19.5 Å². The van der Waals surface area contributed by atoms with Crippen molar-refractivity contribution in [3.8, 4) is 5.75 Å². The summed E-state index contributed by atoms with van der Waals surface area (Å²) in [6.45, 7) is 4.98. The Balaban J connectivity index is 1.34. The Labute approximate surface area is 159 Å². The number of hydrogen-bond acceptors (Lipinski definition) is 4. The lowest BCUT2D eigenvalue weighted by molar-refractivity contribution is -0.0231. The third kappa shape index (κ3) is 4.36. The van der Waals surface area contributed by atoms with Crippen molar-refractivity contribution >= 4 is 0 Å². The Morgan fingerprint density at radius 2 is 1.78 bits per heavy atom. The number of likely N-dealkylation sites (tertiary alicyclic amines) is 1. The van der Waals surface area contributed by atoms with Gasteiger partial charge in [-0.15, -0.1) is 0 Å². The summed E-state index contributed by atoms with van der Waals surface area (Å²) in [5.41, 5.74) is 0. The molecule has 4 atom stereocenters. The smallest absolute Gasteiger partial charge is 0.125 e. The van der Waals surface area contributed by atoms with E-state index in [1.54, 1.807) is 12.1 Å². The van der Waals surface area contributed by atoms with Crippen molar-refractivity contribution in [3.05, 3.63) is 53.7 Å². The van der Waals surface area contributed by atoms with Crippen LogP contribution in [0, 0.1) is 17.7 Å². The maximum atomic E-state index is 13.1. The lowest BCUT2D eigenvalue weighted by atomic mass is 9.78. The Kier molecular flexibility index (Phi) is 5.50. The largest absolute Gasteiger partial charge is 0.488 e. The number of furan rings is 1. The van der Waals surface area contributed by atoms with Crippen molar-refractivity contribution in [1.29, 1.82) is 0 Å². The lowest BCUT2D eigenvalue weighted by Gasteiger charge is -2.35. The molecule has 4 nitrogen and oxygen atoms in total. The van der Waals surface area contributed by atoms with Crippen LogP contribution in [0.4, 0.5) is 4.39 Å². The molecule has 2 heterocycles. The molecular formula is C22H28FNO3.